The Morgan fingerprint density at radius 3 is 2.28 bits per heavy atom. The molecule has 2 aliphatic rings. The normalized spacial score (nSPS) is 25.9. The average molecular weight is 274 g/mol. The zero-order valence-corrected chi connectivity index (χ0v) is 12.6. The second-order valence-electron chi connectivity index (χ2n) is 6.67. The van der Waals surface area contributed by atoms with Gasteiger partial charge in [0.2, 0.25) is 10.0 Å². The van der Waals surface area contributed by atoms with Gasteiger partial charge in [0.25, 0.3) is 0 Å². The van der Waals surface area contributed by atoms with Crippen LogP contribution in [0.25, 0.3) is 0 Å². The Labute approximate surface area is 111 Å². The van der Waals surface area contributed by atoms with Crippen molar-refractivity contribution in [2.45, 2.75) is 57.2 Å². The molecule has 1 aliphatic heterocycles. The molecule has 0 radical (unpaired) electrons. The zero-order valence-electron chi connectivity index (χ0n) is 11.8. The van der Waals surface area contributed by atoms with Crippen LogP contribution < -0.4 is 5.32 Å². The van der Waals surface area contributed by atoms with E-state index in [1.165, 1.54) is 12.8 Å². The lowest BCUT2D eigenvalue weighted by atomic mass is 10.2. The van der Waals surface area contributed by atoms with Crippen LogP contribution in [0.3, 0.4) is 0 Å². The van der Waals surface area contributed by atoms with Crippen LogP contribution in [0.5, 0.6) is 0 Å². The molecular weight excluding hydrogens is 248 g/mol. The molecule has 0 aromatic carbocycles. The van der Waals surface area contributed by atoms with Crippen molar-refractivity contribution in [2.75, 3.05) is 19.6 Å². The fraction of sp³-hybridized carbons (Fsp3) is 1.00. The van der Waals surface area contributed by atoms with E-state index >= 15 is 0 Å². The lowest BCUT2D eigenvalue weighted by molar-refractivity contribution is 0.348. The molecule has 1 saturated heterocycles. The Morgan fingerprint density at radius 1 is 1.17 bits per heavy atom. The molecule has 5 heteroatoms. The van der Waals surface area contributed by atoms with Crippen LogP contribution in [0.2, 0.25) is 0 Å². The number of sulfonamides is 1. The minimum Gasteiger partial charge on any atom is -0.313 e. The summed E-state index contributed by atoms with van der Waals surface area (Å²) in [6, 6.07) is 0.348. The van der Waals surface area contributed by atoms with Crippen LogP contribution in [-0.2, 0) is 10.0 Å². The molecule has 0 aromatic heterocycles. The van der Waals surface area contributed by atoms with Gasteiger partial charge in [-0.05, 0) is 58.9 Å². The molecule has 0 aromatic rings. The summed E-state index contributed by atoms with van der Waals surface area (Å²) < 4.78 is 26.3. The van der Waals surface area contributed by atoms with Gasteiger partial charge in [-0.1, -0.05) is 0 Å². The van der Waals surface area contributed by atoms with Crippen molar-refractivity contribution in [3.05, 3.63) is 0 Å². The number of nitrogens with one attached hydrogen (secondary N) is 1. The van der Waals surface area contributed by atoms with E-state index in [9.17, 15) is 8.42 Å². The van der Waals surface area contributed by atoms with Crippen molar-refractivity contribution in [2.24, 2.45) is 5.92 Å². The molecule has 1 atom stereocenters. The minimum absolute atomic E-state index is 0.348. The summed E-state index contributed by atoms with van der Waals surface area (Å²) in [6.45, 7) is 7.78. The lowest BCUT2D eigenvalue weighted by Crippen LogP contribution is -2.48. The van der Waals surface area contributed by atoms with Crippen molar-refractivity contribution in [3.8, 4) is 0 Å². The summed E-state index contributed by atoms with van der Waals surface area (Å²) in [5.74, 6) is 0.600. The quantitative estimate of drug-likeness (QED) is 0.828. The third kappa shape index (κ3) is 3.25. The van der Waals surface area contributed by atoms with Gasteiger partial charge < -0.3 is 5.32 Å². The Bertz CT molecular complexity index is 376. The topological polar surface area (TPSA) is 49.4 Å². The monoisotopic (exact) mass is 274 g/mol. The van der Waals surface area contributed by atoms with Crippen LogP contribution in [0.4, 0.5) is 0 Å². The molecule has 4 nitrogen and oxygen atoms in total. The SMILES string of the molecule is CC(C)(C)S(=O)(=O)N(CC1CC1)CC1CCCN1. The van der Waals surface area contributed by atoms with Gasteiger partial charge >= 0.3 is 0 Å². The average Bonchev–Trinajstić information content (AvgIpc) is 2.90. The summed E-state index contributed by atoms with van der Waals surface area (Å²) in [5.41, 5.74) is 0. The highest BCUT2D eigenvalue weighted by Gasteiger charge is 2.39. The van der Waals surface area contributed by atoms with Gasteiger partial charge in [-0.2, -0.15) is 4.31 Å². The molecule has 1 saturated carbocycles. The molecule has 1 heterocycles. The zero-order chi connectivity index (χ0) is 13.4. The summed E-state index contributed by atoms with van der Waals surface area (Å²) in [7, 11) is -3.19. The third-order valence-electron chi connectivity index (χ3n) is 3.86. The predicted octanol–water partition coefficient (Wildman–Crippen LogP) is 1.58. The van der Waals surface area contributed by atoms with Gasteiger partial charge in [-0.15, -0.1) is 0 Å². The van der Waals surface area contributed by atoms with Crippen molar-refractivity contribution in [1.29, 1.82) is 0 Å². The predicted molar refractivity (Wildman–Crippen MR) is 74.0 cm³/mol. The van der Waals surface area contributed by atoms with Gasteiger partial charge in [0.05, 0.1) is 4.75 Å². The van der Waals surface area contributed by atoms with Crippen molar-refractivity contribution < 1.29 is 8.42 Å². The van der Waals surface area contributed by atoms with E-state index < -0.39 is 14.8 Å². The Balaban J connectivity index is 2.08. The summed E-state index contributed by atoms with van der Waals surface area (Å²) in [5, 5.41) is 3.40. The van der Waals surface area contributed by atoms with Gasteiger partial charge in [0.15, 0.2) is 0 Å². The summed E-state index contributed by atoms with van der Waals surface area (Å²) in [4.78, 5) is 0. The summed E-state index contributed by atoms with van der Waals surface area (Å²) >= 11 is 0. The van der Waals surface area contributed by atoms with Crippen molar-refractivity contribution >= 4 is 10.0 Å². The maximum Gasteiger partial charge on any atom is 0.219 e. The minimum atomic E-state index is -3.19. The molecule has 106 valence electrons. The Kier molecular flexibility index (Phi) is 4.04. The number of rotatable bonds is 5. The highest BCUT2D eigenvalue weighted by molar-refractivity contribution is 7.90. The fourth-order valence-corrected chi connectivity index (χ4v) is 3.96. The van der Waals surface area contributed by atoms with Crippen LogP contribution in [-0.4, -0.2) is 43.1 Å². The van der Waals surface area contributed by atoms with E-state index in [0.29, 0.717) is 18.5 Å². The van der Waals surface area contributed by atoms with Crippen LogP contribution in [0, 0.1) is 5.92 Å². The van der Waals surface area contributed by atoms with Crippen LogP contribution >= 0.6 is 0 Å². The third-order valence-corrected chi connectivity index (χ3v) is 6.38. The number of hydrogen-bond acceptors (Lipinski definition) is 3. The first-order valence-corrected chi connectivity index (χ1v) is 8.48. The molecule has 0 amide bonds. The van der Waals surface area contributed by atoms with E-state index in [4.69, 9.17) is 0 Å². The molecule has 0 bridgehead atoms. The lowest BCUT2D eigenvalue weighted by Gasteiger charge is -2.31. The second-order valence-corrected chi connectivity index (χ2v) is 9.36. The number of hydrogen-bond donors (Lipinski definition) is 1. The smallest absolute Gasteiger partial charge is 0.219 e. The molecule has 0 spiro atoms. The first-order valence-electron chi connectivity index (χ1n) is 7.04. The number of nitrogens with zero attached hydrogens (tertiary/aromatic N) is 1. The van der Waals surface area contributed by atoms with Crippen molar-refractivity contribution in [1.82, 2.24) is 9.62 Å². The highest BCUT2D eigenvalue weighted by atomic mass is 32.2. The maximum absolute atomic E-state index is 12.6. The summed E-state index contributed by atoms with van der Waals surface area (Å²) in [6.07, 6.45) is 4.64. The fourth-order valence-electron chi connectivity index (χ4n) is 2.40. The van der Waals surface area contributed by atoms with E-state index in [2.05, 4.69) is 5.32 Å². The van der Waals surface area contributed by atoms with Gasteiger partial charge in [0, 0.05) is 19.1 Å². The van der Waals surface area contributed by atoms with Gasteiger partial charge in [0.1, 0.15) is 0 Å². The molecule has 1 N–H and O–H groups in total. The molecule has 1 unspecified atom stereocenters. The van der Waals surface area contributed by atoms with E-state index in [-0.39, 0.29) is 0 Å². The van der Waals surface area contributed by atoms with Gasteiger partial charge in [-0.3, -0.25) is 0 Å². The van der Waals surface area contributed by atoms with Crippen LogP contribution in [0.15, 0.2) is 0 Å². The standard InChI is InChI=1S/C13H26N2O2S/c1-13(2,3)18(16,17)15(9-11-6-7-11)10-12-5-4-8-14-12/h11-12,14H,4-10H2,1-3H3. The molecular formula is C13H26N2O2S. The molecule has 18 heavy (non-hydrogen) atoms. The van der Waals surface area contributed by atoms with Crippen molar-refractivity contribution in [3.63, 3.8) is 0 Å². The maximum atomic E-state index is 12.6. The van der Waals surface area contributed by atoms with E-state index in [1.807, 2.05) is 0 Å². The Hall–Kier alpha value is -0.130. The van der Waals surface area contributed by atoms with Crippen LogP contribution in [0.1, 0.15) is 46.5 Å². The largest absolute Gasteiger partial charge is 0.313 e. The molecule has 2 fully saturated rings. The first-order chi connectivity index (χ1) is 8.30. The van der Waals surface area contributed by atoms with Gasteiger partial charge in [-0.25, -0.2) is 8.42 Å². The highest BCUT2D eigenvalue weighted by Crippen LogP contribution is 2.32. The Morgan fingerprint density at radius 2 is 1.83 bits per heavy atom. The molecule has 2 rings (SSSR count). The second kappa shape index (κ2) is 5.10. The molecule has 1 aliphatic carbocycles. The van der Waals surface area contributed by atoms with E-state index in [1.54, 1.807) is 25.1 Å². The van der Waals surface area contributed by atoms with E-state index in [0.717, 1.165) is 25.9 Å². The first kappa shape index (κ1) is 14.3.